The second-order valence-electron chi connectivity index (χ2n) is 5.17. The molecule has 3 N–H and O–H groups in total. The van der Waals surface area contributed by atoms with E-state index < -0.39 is 0 Å². The SMILES string of the molecule is CC(=O)c1ccc(C=NNc2nc(-c3ccccc3)cs2)c(N)c1. The summed E-state index contributed by atoms with van der Waals surface area (Å²) in [5, 5.41) is 6.84. The normalized spacial score (nSPS) is 10.9. The summed E-state index contributed by atoms with van der Waals surface area (Å²) in [5.41, 5.74) is 12.6. The van der Waals surface area contributed by atoms with E-state index in [0.29, 0.717) is 16.4 Å². The number of benzene rings is 2. The van der Waals surface area contributed by atoms with Crippen molar-refractivity contribution in [3.63, 3.8) is 0 Å². The molecule has 6 heteroatoms. The van der Waals surface area contributed by atoms with Crippen molar-refractivity contribution in [2.24, 2.45) is 5.10 Å². The van der Waals surface area contributed by atoms with Gasteiger partial charge in [0.15, 0.2) is 5.78 Å². The average Bonchev–Trinajstić information content (AvgIpc) is 3.06. The maximum atomic E-state index is 11.3. The van der Waals surface area contributed by atoms with Crippen LogP contribution in [0.2, 0.25) is 0 Å². The molecule has 0 aliphatic heterocycles. The molecule has 120 valence electrons. The number of carbonyl (C=O) groups excluding carboxylic acids is 1. The van der Waals surface area contributed by atoms with Crippen molar-refractivity contribution < 1.29 is 4.79 Å². The number of carbonyl (C=O) groups is 1. The van der Waals surface area contributed by atoms with Crippen LogP contribution in [0.15, 0.2) is 59.0 Å². The van der Waals surface area contributed by atoms with Crippen molar-refractivity contribution in [2.75, 3.05) is 11.2 Å². The third-order valence-electron chi connectivity index (χ3n) is 3.43. The lowest BCUT2D eigenvalue weighted by Gasteiger charge is -2.02. The van der Waals surface area contributed by atoms with Gasteiger partial charge in [-0.3, -0.25) is 10.2 Å². The fraction of sp³-hybridized carbons (Fsp3) is 0.0556. The summed E-state index contributed by atoms with van der Waals surface area (Å²) in [4.78, 5) is 15.8. The molecule has 0 amide bonds. The van der Waals surface area contributed by atoms with Crippen LogP contribution in [-0.2, 0) is 0 Å². The molecule has 0 aliphatic carbocycles. The summed E-state index contributed by atoms with van der Waals surface area (Å²) < 4.78 is 0. The topological polar surface area (TPSA) is 80.4 Å². The van der Waals surface area contributed by atoms with Gasteiger partial charge in [0.25, 0.3) is 0 Å². The van der Waals surface area contributed by atoms with Gasteiger partial charge >= 0.3 is 0 Å². The summed E-state index contributed by atoms with van der Waals surface area (Å²) in [5.74, 6) is -0.0143. The quantitative estimate of drug-likeness (QED) is 0.319. The largest absolute Gasteiger partial charge is 0.398 e. The van der Waals surface area contributed by atoms with Gasteiger partial charge in [-0.25, -0.2) is 4.98 Å². The van der Waals surface area contributed by atoms with Gasteiger partial charge in [0, 0.05) is 27.8 Å². The van der Waals surface area contributed by atoms with E-state index in [1.54, 1.807) is 24.4 Å². The summed E-state index contributed by atoms with van der Waals surface area (Å²) in [6, 6.07) is 15.1. The third kappa shape index (κ3) is 3.67. The molecule has 0 spiro atoms. The van der Waals surface area contributed by atoms with E-state index in [-0.39, 0.29) is 5.78 Å². The number of hydrogen-bond donors (Lipinski definition) is 2. The highest BCUT2D eigenvalue weighted by atomic mass is 32.1. The number of nitrogens with two attached hydrogens (primary N) is 1. The van der Waals surface area contributed by atoms with Crippen LogP contribution < -0.4 is 11.2 Å². The smallest absolute Gasteiger partial charge is 0.203 e. The van der Waals surface area contributed by atoms with E-state index in [1.165, 1.54) is 18.3 Å². The van der Waals surface area contributed by atoms with Crippen LogP contribution in [-0.4, -0.2) is 17.0 Å². The van der Waals surface area contributed by atoms with Gasteiger partial charge in [-0.05, 0) is 13.0 Å². The summed E-state index contributed by atoms with van der Waals surface area (Å²) in [7, 11) is 0. The van der Waals surface area contributed by atoms with Crippen LogP contribution in [0.5, 0.6) is 0 Å². The number of nitrogens with one attached hydrogen (secondary N) is 1. The highest BCUT2D eigenvalue weighted by Crippen LogP contribution is 2.24. The molecule has 0 saturated carbocycles. The van der Waals surface area contributed by atoms with Crippen molar-refractivity contribution >= 4 is 34.2 Å². The lowest BCUT2D eigenvalue weighted by molar-refractivity contribution is 0.101. The first-order valence-corrected chi connectivity index (χ1v) is 8.22. The monoisotopic (exact) mass is 336 g/mol. The molecular formula is C18H16N4OS. The zero-order chi connectivity index (χ0) is 16.9. The third-order valence-corrected chi connectivity index (χ3v) is 4.18. The van der Waals surface area contributed by atoms with Gasteiger partial charge in [-0.1, -0.05) is 42.5 Å². The van der Waals surface area contributed by atoms with Crippen LogP contribution in [0.25, 0.3) is 11.3 Å². The second kappa shape index (κ2) is 7.06. The summed E-state index contributed by atoms with van der Waals surface area (Å²) in [6.45, 7) is 1.51. The Balaban J connectivity index is 1.69. The Morgan fingerprint density at radius 3 is 2.75 bits per heavy atom. The van der Waals surface area contributed by atoms with Gasteiger partial charge < -0.3 is 5.73 Å². The Morgan fingerprint density at radius 1 is 1.25 bits per heavy atom. The molecular weight excluding hydrogens is 320 g/mol. The Labute approximate surface area is 143 Å². The minimum Gasteiger partial charge on any atom is -0.398 e. The first-order chi connectivity index (χ1) is 11.6. The predicted octanol–water partition coefficient (Wildman–Crippen LogP) is 4.04. The van der Waals surface area contributed by atoms with Gasteiger partial charge in [-0.2, -0.15) is 5.10 Å². The molecule has 1 aromatic heterocycles. The number of nitrogen functional groups attached to an aromatic ring is 1. The number of ketones is 1. The summed E-state index contributed by atoms with van der Waals surface area (Å²) >= 11 is 1.48. The predicted molar refractivity (Wildman–Crippen MR) is 99.6 cm³/mol. The van der Waals surface area contributed by atoms with E-state index in [4.69, 9.17) is 5.73 Å². The number of hydrazone groups is 1. The zero-order valence-corrected chi connectivity index (χ0v) is 13.9. The van der Waals surface area contributed by atoms with E-state index in [2.05, 4.69) is 15.5 Å². The number of Topliss-reactive ketones (excluding diaryl/α,β-unsaturated/α-hetero) is 1. The van der Waals surface area contributed by atoms with E-state index in [0.717, 1.165) is 16.8 Å². The minimum atomic E-state index is -0.0143. The van der Waals surface area contributed by atoms with Gasteiger partial charge in [0.05, 0.1) is 11.9 Å². The Hall–Kier alpha value is -2.99. The summed E-state index contributed by atoms with van der Waals surface area (Å²) in [6.07, 6.45) is 1.61. The maximum absolute atomic E-state index is 11.3. The molecule has 0 aliphatic rings. The molecule has 0 radical (unpaired) electrons. The number of aromatic nitrogens is 1. The fourth-order valence-corrected chi connectivity index (χ4v) is 2.80. The average molecular weight is 336 g/mol. The lowest BCUT2D eigenvalue weighted by Crippen LogP contribution is -1.99. The van der Waals surface area contributed by atoms with Crippen molar-refractivity contribution in [1.29, 1.82) is 0 Å². The van der Waals surface area contributed by atoms with Crippen molar-refractivity contribution in [2.45, 2.75) is 6.92 Å². The molecule has 0 atom stereocenters. The number of nitrogens with zero attached hydrogens (tertiary/aromatic N) is 2. The van der Waals surface area contributed by atoms with E-state index in [1.807, 2.05) is 35.7 Å². The maximum Gasteiger partial charge on any atom is 0.203 e. The Morgan fingerprint density at radius 2 is 2.04 bits per heavy atom. The van der Waals surface area contributed by atoms with Crippen LogP contribution in [0.1, 0.15) is 22.8 Å². The molecule has 0 fully saturated rings. The fourth-order valence-electron chi connectivity index (χ4n) is 2.13. The molecule has 5 nitrogen and oxygen atoms in total. The van der Waals surface area contributed by atoms with Crippen LogP contribution in [0, 0.1) is 0 Å². The van der Waals surface area contributed by atoms with E-state index in [9.17, 15) is 4.79 Å². The molecule has 0 bridgehead atoms. The number of thiazole rings is 1. The second-order valence-corrected chi connectivity index (χ2v) is 6.03. The first-order valence-electron chi connectivity index (χ1n) is 7.34. The molecule has 1 heterocycles. The lowest BCUT2D eigenvalue weighted by atomic mass is 10.1. The Bertz CT molecular complexity index is 887. The molecule has 3 rings (SSSR count). The highest BCUT2D eigenvalue weighted by Gasteiger charge is 2.04. The van der Waals surface area contributed by atoms with Crippen molar-refractivity contribution in [3.05, 3.63) is 65.0 Å². The van der Waals surface area contributed by atoms with Crippen LogP contribution >= 0.6 is 11.3 Å². The number of rotatable bonds is 5. The van der Waals surface area contributed by atoms with Crippen LogP contribution in [0.3, 0.4) is 0 Å². The van der Waals surface area contributed by atoms with Crippen LogP contribution in [0.4, 0.5) is 10.8 Å². The molecule has 0 unspecified atom stereocenters. The molecule has 0 saturated heterocycles. The van der Waals surface area contributed by atoms with Crippen molar-refractivity contribution in [1.82, 2.24) is 4.98 Å². The number of anilines is 2. The first kappa shape index (κ1) is 15.9. The molecule has 24 heavy (non-hydrogen) atoms. The Kier molecular flexibility index (Phi) is 4.67. The van der Waals surface area contributed by atoms with E-state index >= 15 is 0 Å². The minimum absolute atomic E-state index is 0.0143. The number of hydrogen-bond acceptors (Lipinski definition) is 6. The zero-order valence-electron chi connectivity index (χ0n) is 13.1. The van der Waals surface area contributed by atoms with Gasteiger partial charge in [-0.15, -0.1) is 11.3 Å². The highest BCUT2D eigenvalue weighted by molar-refractivity contribution is 7.14. The van der Waals surface area contributed by atoms with Gasteiger partial charge in [0.2, 0.25) is 5.13 Å². The van der Waals surface area contributed by atoms with Gasteiger partial charge in [0.1, 0.15) is 0 Å². The molecule has 3 aromatic rings. The molecule has 2 aromatic carbocycles. The van der Waals surface area contributed by atoms with Crippen molar-refractivity contribution in [3.8, 4) is 11.3 Å². The standard InChI is InChI=1S/C18H16N4OS/c1-12(23)14-7-8-15(16(19)9-14)10-20-22-18-21-17(11-24-18)13-5-3-2-4-6-13/h2-11H,19H2,1H3,(H,21,22).